The molecule has 0 atom stereocenters. The van der Waals surface area contributed by atoms with Crippen LogP contribution in [0, 0.1) is 11.3 Å². The number of H-pyrrole nitrogens is 1. The number of fused-ring (bicyclic) bond motifs is 4. The summed E-state index contributed by atoms with van der Waals surface area (Å²) in [6, 6.07) is 12.2. The second-order valence-electron chi connectivity index (χ2n) is 10.2. The quantitative estimate of drug-likeness (QED) is 0.301. The Bertz CT molecular complexity index is 2040. The SMILES string of the molecule is CC(C)Oc1cc2c(=O)c3c4ccc(C#N)cc4[nH]c3n(C3CN(C)C3)c2cc1-c1cncc(OS(=O)(=O)F)c1. The van der Waals surface area contributed by atoms with E-state index in [9.17, 15) is 22.4 Å². The fourth-order valence-electron chi connectivity index (χ4n) is 5.38. The highest BCUT2D eigenvalue weighted by molar-refractivity contribution is 7.81. The molecule has 2 aromatic carbocycles. The van der Waals surface area contributed by atoms with E-state index < -0.39 is 10.5 Å². The number of benzene rings is 2. The summed E-state index contributed by atoms with van der Waals surface area (Å²) in [6.07, 6.45) is 2.32. The second-order valence-corrected chi connectivity index (χ2v) is 11.2. The topological polar surface area (TPSA) is 130 Å². The Labute approximate surface area is 228 Å². The molecule has 1 saturated heterocycles. The Morgan fingerprint density at radius 2 is 1.93 bits per heavy atom. The lowest BCUT2D eigenvalue weighted by Gasteiger charge is -2.39. The van der Waals surface area contributed by atoms with Crippen LogP contribution in [0.5, 0.6) is 11.5 Å². The van der Waals surface area contributed by atoms with Gasteiger partial charge in [0.15, 0.2) is 11.2 Å². The zero-order chi connectivity index (χ0) is 28.3. The molecule has 0 bridgehead atoms. The lowest BCUT2D eigenvalue weighted by Crippen LogP contribution is -2.45. The van der Waals surface area contributed by atoms with Crippen LogP contribution >= 0.6 is 0 Å². The number of ether oxygens (including phenoxy) is 1. The zero-order valence-corrected chi connectivity index (χ0v) is 22.6. The van der Waals surface area contributed by atoms with Gasteiger partial charge in [-0.3, -0.25) is 9.78 Å². The van der Waals surface area contributed by atoms with Gasteiger partial charge in [-0.2, -0.15) is 13.7 Å². The van der Waals surface area contributed by atoms with Crippen molar-refractivity contribution in [3.05, 3.63) is 64.6 Å². The second kappa shape index (κ2) is 9.32. The van der Waals surface area contributed by atoms with Gasteiger partial charge in [-0.25, -0.2) is 0 Å². The number of pyridine rings is 2. The average Bonchev–Trinajstić information content (AvgIpc) is 3.25. The van der Waals surface area contributed by atoms with Gasteiger partial charge in [0.1, 0.15) is 11.4 Å². The van der Waals surface area contributed by atoms with Crippen LogP contribution in [0.15, 0.2) is 53.6 Å². The van der Waals surface area contributed by atoms with Crippen molar-refractivity contribution in [1.29, 1.82) is 5.26 Å². The number of nitrogens with one attached hydrogen (secondary N) is 1. The molecule has 0 radical (unpaired) electrons. The van der Waals surface area contributed by atoms with Crippen LogP contribution in [-0.4, -0.2) is 54.1 Å². The molecule has 0 saturated carbocycles. The molecule has 3 aromatic heterocycles. The molecule has 0 amide bonds. The van der Waals surface area contributed by atoms with E-state index in [0.29, 0.717) is 49.9 Å². The van der Waals surface area contributed by atoms with E-state index >= 15 is 0 Å². The first-order valence-electron chi connectivity index (χ1n) is 12.5. The van der Waals surface area contributed by atoms with Crippen LogP contribution in [0.1, 0.15) is 25.5 Å². The monoisotopic (exact) mass is 561 g/mol. The minimum atomic E-state index is -5.25. The summed E-state index contributed by atoms with van der Waals surface area (Å²) in [5, 5.41) is 11.1. The predicted octanol–water partition coefficient (Wildman–Crippen LogP) is 4.44. The molecule has 1 fully saturated rings. The molecule has 5 aromatic rings. The third-order valence-electron chi connectivity index (χ3n) is 6.97. The van der Waals surface area contributed by atoms with E-state index in [-0.39, 0.29) is 23.3 Å². The highest BCUT2D eigenvalue weighted by atomic mass is 32.3. The molecule has 0 unspecified atom stereocenters. The summed E-state index contributed by atoms with van der Waals surface area (Å²) in [4.78, 5) is 23.6. The van der Waals surface area contributed by atoms with Crippen molar-refractivity contribution in [1.82, 2.24) is 19.4 Å². The van der Waals surface area contributed by atoms with Gasteiger partial charge in [-0.1, -0.05) is 9.95 Å². The molecule has 0 aliphatic carbocycles. The maximum atomic E-state index is 14.1. The van der Waals surface area contributed by atoms with E-state index in [1.54, 1.807) is 24.3 Å². The number of rotatable bonds is 6. The molecule has 204 valence electrons. The molecule has 12 heteroatoms. The molecule has 1 aliphatic rings. The Kier molecular flexibility index (Phi) is 6.01. The van der Waals surface area contributed by atoms with Gasteiger partial charge >= 0.3 is 10.5 Å². The van der Waals surface area contributed by atoms with Gasteiger partial charge in [0.25, 0.3) is 0 Å². The van der Waals surface area contributed by atoms with Gasteiger partial charge < -0.3 is 23.4 Å². The lowest BCUT2D eigenvalue weighted by molar-refractivity contribution is 0.146. The van der Waals surface area contributed by atoms with Crippen molar-refractivity contribution in [2.45, 2.75) is 26.0 Å². The lowest BCUT2D eigenvalue weighted by atomic mass is 10.00. The Morgan fingerprint density at radius 3 is 2.60 bits per heavy atom. The van der Waals surface area contributed by atoms with E-state index in [2.05, 4.69) is 29.7 Å². The molecular formula is C28H24FN5O5S. The molecule has 1 N–H and O–H groups in total. The molecule has 0 spiro atoms. The number of hydrogen-bond acceptors (Lipinski definition) is 8. The van der Waals surface area contributed by atoms with Crippen molar-refractivity contribution >= 4 is 43.3 Å². The molecular weight excluding hydrogens is 537 g/mol. The number of hydrogen-bond donors (Lipinski definition) is 1. The smallest absolute Gasteiger partial charge is 0.488 e. The first kappa shape index (κ1) is 25.8. The van der Waals surface area contributed by atoms with Gasteiger partial charge in [0.05, 0.1) is 46.3 Å². The third kappa shape index (κ3) is 4.43. The fourth-order valence-corrected chi connectivity index (χ4v) is 5.70. The van der Waals surface area contributed by atoms with Gasteiger partial charge in [-0.05, 0) is 51.2 Å². The van der Waals surface area contributed by atoms with Crippen molar-refractivity contribution in [3.8, 4) is 28.7 Å². The van der Waals surface area contributed by atoms with Gasteiger partial charge in [0.2, 0.25) is 0 Å². The summed E-state index contributed by atoms with van der Waals surface area (Å²) in [6.45, 7) is 5.20. The fraction of sp³-hybridized carbons (Fsp3) is 0.250. The highest BCUT2D eigenvalue weighted by Gasteiger charge is 2.30. The zero-order valence-electron chi connectivity index (χ0n) is 21.8. The van der Waals surface area contributed by atoms with Gasteiger partial charge in [-0.15, -0.1) is 0 Å². The Morgan fingerprint density at radius 1 is 1.15 bits per heavy atom. The van der Waals surface area contributed by atoms with Crippen molar-refractivity contribution < 1.29 is 21.2 Å². The van der Waals surface area contributed by atoms with E-state index in [1.807, 2.05) is 27.0 Å². The Balaban J connectivity index is 1.69. The maximum Gasteiger partial charge on any atom is 0.488 e. The summed E-state index contributed by atoms with van der Waals surface area (Å²) in [5.74, 6) is 0.0814. The number of aromatic nitrogens is 3. The van der Waals surface area contributed by atoms with E-state index in [1.165, 1.54) is 12.3 Å². The predicted molar refractivity (Wildman–Crippen MR) is 148 cm³/mol. The minimum absolute atomic E-state index is 0.0493. The highest BCUT2D eigenvalue weighted by Crippen LogP contribution is 2.39. The van der Waals surface area contributed by atoms with Crippen LogP contribution < -0.4 is 14.3 Å². The normalized spacial score (nSPS) is 14.6. The number of nitrogens with zero attached hydrogens (tertiary/aromatic N) is 4. The number of likely N-dealkylation sites (N-methyl/N-ethyl adjacent to an activating group) is 1. The van der Waals surface area contributed by atoms with Crippen molar-refractivity contribution in [3.63, 3.8) is 0 Å². The summed E-state index contributed by atoms with van der Waals surface area (Å²) >= 11 is 0. The standard InChI is InChI=1S/C28H24FN5O5S/c1-15(2)38-25-9-22-24(8-21(25)17-7-19(12-31-11-17)39-40(29,36)37)34(18-13-33(3)14-18)28-26(27(22)35)20-5-4-16(10-30)6-23(20)32-28/h4-9,11-12,15,18,32H,13-14H2,1-3H3. The maximum absolute atomic E-state index is 14.1. The molecule has 10 nitrogen and oxygen atoms in total. The number of likely N-dealkylation sites (tertiary alicyclic amines) is 1. The summed E-state index contributed by atoms with van der Waals surface area (Å²) in [5.41, 5.74) is 3.19. The van der Waals surface area contributed by atoms with Crippen LogP contribution in [-0.2, 0) is 10.5 Å². The van der Waals surface area contributed by atoms with Crippen LogP contribution in [0.2, 0.25) is 0 Å². The number of aromatic amines is 1. The number of halogens is 1. The first-order valence-corrected chi connectivity index (χ1v) is 13.9. The Hall–Kier alpha value is -4.47. The van der Waals surface area contributed by atoms with Crippen LogP contribution in [0.4, 0.5) is 3.89 Å². The third-order valence-corrected chi connectivity index (χ3v) is 7.36. The first-order chi connectivity index (χ1) is 19.0. The van der Waals surface area contributed by atoms with Crippen LogP contribution in [0.3, 0.4) is 0 Å². The molecule has 6 rings (SSSR count). The summed E-state index contributed by atoms with van der Waals surface area (Å²) in [7, 11) is -3.24. The molecule has 40 heavy (non-hydrogen) atoms. The minimum Gasteiger partial charge on any atom is -0.490 e. The van der Waals surface area contributed by atoms with Crippen LogP contribution in [0.25, 0.3) is 44.0 Å². The molecule has 1 aliphatic heterocycles. The van der Waals surface area contributed by atoms with Crippen molar-refractivity contribution in [2.75, 3.05) is 20.1 Å². The number of nitriles is 1. The van der Waals surface area contributed by atoms with Gasteiger partial charge in [0, 0.05) is 41.3 Å². The van der Waals surface area contributed by atoms with E-state index in [4.69, 9.17) is 4.74 Å². The average molecular weight is 562 g/mol. The summed E-state index contributed by atoms with van der Waals surface area (Å²) < 4.78 is 48.1. The van der Waals surface area contributed by atoms with E-state index in [0.717, 1.165) is 24.7 Å². The van der Waals surface area contributed by atoms with Crippen molar-refractivity contribution in [2.24, 2.45) is 0 Å². The molecule has 4 heterocycles. The largest absolute Gasteiger partial charge is 0.490 e.